The van der Waals surface area contributed by atoms with Gasteiger partial charge in [0.05, 0.1) is 27.0 Å². The SMILES string of the molecule is CC1(C)CN(c2cc(Br)c(F)cc2N)CC(C)(C)O1. The van der Waals surface area contributed by atoms with Gasteiger partial charge in [0.2, 0.25) is 0 Å². The first-order chi connectivity index (χ1) is 8.60. The van der Waals surface area contributed by atoms with Gasteiger partial charge in [0, 0.05) is 19.2 Å². The van der Waals surface area contributed by atoms with Gasteiger partial charge in [-0.25, -0.2) is 4.39 Å². The minimum atomic E-state index is -0.340. The lowest BCUT2D eigenvalue weighted by atomic mass is 9.98. The molecule has 1 aromatic rings. The first-order valence-electron chi connectivity index (χ1n) is 6.29. The minimum Gasteiger partial charge on any atom is -0.397 e. The number of anilines is 2. The fraction of sp³-hybridized carbons (Fsp3) is 0.571. The van der Waals surface area contributed by atoms with Gasteiger partial charge in [-0.15, -0.1) is 0 Å². The standard InChI is InChI=1S/C14H20BrFN2O/c1-13(2)7-18(8-14(3,4)19-13)12-5-9(15)10(16)6-11(12)17/h5-6H,7-8,17H2,1-4H3. The van der Waals surface area contributed by atoms with Gasteiger partial charge in [-0.05, 0) is 49.7 Å². The van der Waals surface area contributed by atoms with E-state index < -0.39 is 0 Å². The average Bonchev–Trinajstić information content (AvgIpc) is 2.18. The molecule has 0 atom stereocenters. The summed E-state index contributed by atoms with van der Waals surface area (Å²) in [6.07, 6.45) is 0. The molecule has 0 amide bonds. The molecule has 1 heterocycles. The van der Waals surface area contributed by atoms with E-state index in [1.807, 2.05) is 0 Å². The summed E-state index contributed by atoms with van der Waals surface area (Å²) in [5.41, 5.74) is 6.72. The summed E-state index contributed by atoms with van der Waals surface area (Å²) in [6.45, 7) is 9.65. The van der Waals surface area contributed by atoms with Crippen LogP contribution in [-0.4, -0.2) is 24.3 Å². The Morgan fingerprint density at radius 1 is 1.21 bits per heavy atom. The summed E-state index contributed by atoms with van der Waals surface area (Å²) in [7, 11) is 0. The molecule has 3 nitrogen and oxygen atoms in total. The predicted molar refractivity (Wildman–Crippen MR) is 80.0 cm³/mol. The molecule has 0 saturated carbocycles. The van der Waals surface area contributed by atoms with Crippen molar-refractivity contribution in [2.75, 3.05) is 23.7 Å². The summed E-state index contributed by atoms with van der Waals surface area (Å²) in [5, 5.41) is 0. The number of rotatable bonds is 1. The Kier molecular flexibility index (Phi) is 3.56. The molecule has 1 saturated heterocycles. The van der Waals surface area contributed by atoms with Crippen LogP contribution in [0.4, 0.5) is 15.8 Å². The maximum Gasteiger partial charge on any atom is 0.139 e. The van der Waals surface area contributed by atoms with Crippen molar-refractivity contribution in [2.24, 2.45) is 0 Å². The van der Waals surface area contributed by atoms with Crippen LogP contribution in [0.3, 0.4) is 0 Å². The normalized spacial score (nSPS) is 21.5. The highest BCUT2D eigenvalue weighted by molar-refractivity contribution is 9.10. The van der Waals surface area contributed by atoms with E-state index in [0.29, 0.717) is 10.2 Å². The lowest BCUT2D eigenvalue weighted by molar-refractivity contribution is -0.133. The van der Waals surface area contributed by atoms with Crippen LogP contribution >= 0.6 is 15.9 Å². The van der Waals surface area contributed by atoms with E-state index in [9.17, 15) is 4.39 Å². The van der Waals surface area contributed by atoms with E-state index in [1.54, 1.807) is 6.07 Å². The molecule has 0 aliphatic carbocycles. The van der Waals surface area contributed by atoms with Gasteiger partial charge in [0.1, 0.15) is 5.82 Å². The highest BCUT2D eigenvalue weighted by Crippen LogP contribution is 2.36. The number of ether oxygens (including phenoxy) is 1. The third-order valence-corrected chi connectivity index (χ3v) is 3.71. The van der Waals surface area contributed by atoms with E-state index in [2.05, 4.69) is 48.5 Å². The maximum atomic E-state index is 13.5. The monoisotopic (exact) mass is 330 g/mol. The van der Waals surface area contributed by atoms with E-state index in [-0.39, 0.29) is 17.0 Å². The summed E-state index contributed by atoms with van der Waals surface area (Å²) < 4.78 is 19.9. The van der Waals surface area contributed by atoms with E-state index in [0.717, 1.165) is 18.8 Å². The molecular formula is C14H20BrFN2O. The van der Waals surface area contributed by atoms with Gasteiger partial charge in [-0.2, -0.15) is 0 Å². The van der Waals surface area contributed by atoms with Gasteiger partial charge < -0.3 is 15.4 Å². The minimum absolute atomic E-state index is 0.269. The molecule has 0 spiro atoms. The van der Waals surface area contributed by atoms with Crippen molar-refractivity contribution in [1.29, 1.82) is 0 Å². The fourth-order valence-electron chi connectivity index (χ4n) is 2.78. The zero-order chi connectivity index (χ0) is 14.4. The first-order valence-corrected chi connectivity index (χ1v) is 7.09. The lowest BCUT2D eigenvalue weighted by Gasteiger charge is -2.48. The Balaban J connectivity index is 2.39. The van der Waals surface area contributed by atoms with Crippen molar-refractivity contribution in [3.63, 3.8) is 0 Å². The Morgan fingerprint density at radius 3 is 2.26 bits per heavy atom. The van der Waals surface area contributed by atoms with Crippen molar-refractivity contribution in [3.8, 4) is 0 Å². The van der Waals surface area contributed by atoms with Crippen LogP contribution in [-0.2, 0) is 4.74 Å². The number of benzene rings is 1. The molecule has 1 fully saturated rings. The largest absolute Gasteiger partial charge is 0.397 e. The predicted octanol–water partition coefficient (Wildman–Crippen LogP) is 3.56. The Labute approximate surface area is 122 Å². The number of hydrogen-bond acceptors (Lipinski definition) is 3. The van der Waals surface area contributed by atoms with Gasteiger partial charge in [0.25, 0.3) is 0 Å². The van der Waals surface area contributed by atoms with Gasteiger partial charge >= 0.3 is 0 Å². The van der Waals surface area contributed by atoms with Crippen LogP contribution in [0, 0.1) is 5.82 Å². The molecule has 0 unspecified atom stereocenters. The number of halogens is 2. The third kappa shape index (κ3) is 3.20. The molecule has 2 N–H and O–H groups in total. The average molecular weight is 331 g/mol. The zero-order valence-corrected chi connectivity index (χ0v) is 13.3. The first kappa shape index (κ1) is 14.6. The van der Waals surface area contributed by atoms with Crippen LogP contribution < -0.4 is 10.6 Å². The Morgan fingerprint density at radius 2 is 1.74 bits per heavy atom. The summed E-state index contributed by atoms with van der Waals surface area (Å²) in [4.78, 5) is 2.16. The molecule has 0 radical (unpaired) electrons. The molecule has 19 heavy (non-hydrogen) atoms. The molecule has 5 heteroatoms. The van der Waals surface area contributed by atoms with Crippen molar-refractivity contribution in [1.82, 2.24) is 0 Å². The maximum absolute atomic E-state index is 13.5. The van der Waals surface area contributed by atoms with Crippen LogP contribution in [0.2, 0.25) is 0 Å². The molecule has 1 aliphatic rings. The third-order valence-electron chi connectivity index (χ3n) is 3.11. The zero-order valence-electron chi connectivity index (χ0n) is 11.8. The van der Waals surface area contributed by atoms with Crippen LogP contribution in [0.1, 0.15) is 27.7 Å². The quantitative estimate of drug-likeness (QED) is 0.800. The highest BCUT2D eigenvalue weighted by Gasteiger charge is 2.38. The van der Waals surface area contributed by atoms with Crippen LogP contribution in [0.15, 0.2) is 16.6 Å². The molecule has 0 aromatic heterocycles. The van der Waals surface area contributed by atoms with Crippen LogP contribution in [0.25, 0.3) is 0 Å². The molecule has 2 rings (SSSR count). The van der Waals surface area contributed by atoms with Gasteiger partial charge in [-0.1, -0.05) is 0 Å². The molecular weight excluding hydrogens is 311 g/mol. The van der Waals surface area contributed by atoms with Crippen molar-refractivity contribution in [2.45, 2.75) is 38.9 Å². The van der Waals surface area contributed by atoms with Gasteiger partial charge in [-0.3, -0.25) is 0 Å². The smallest absolute Gasteiger partial charge is 0.139 e. The summed E-state index contributed by atoms with van der Waals surface area (Å²) >= 11 is 3.22. The van der Waals surface area contributed by atoms with E-state index in [1.165, 1.54) is 6.07 Å². The van der Waals surface area contributed by atoms with Gasteiger partial charge in [0.15, 0.2) is 0 Å². The topological polar surface area (TPSA) is 38.5 Å². The molecule has 106 valence electrons. The second-order valence-corrected chi connectivity index (χ2v) is 7.16. The Hall–Kier alpha value is -0.810. The summed E-state index contributed by atoms with van der Waals surface area (Å²) in [5.74, 6) is -0.340. The number of hydrogen-bond donors (Lipinski definition) is 1. The van der Waals surface area contributed by atoms with Crippen molar-refractivity contribution >= 4 is 27.3 Å². The number of nitrogens with zero attached hydrogens (tertiary/aromatic N) is 1. The molecule has 0 bridgehead atoms. The van der Waals surface area contributed by atoms with Crippen LogP contribution in [0.5, 0.6) is 0 Å². The fourth-order valence-corrected chi connectivity index (χ4v) is 3.11. The lowest BCUT2D eigenvalue weighted by Crippen LogP contribution is -2.57. The van der Waals surface area contributed by atoms with E-state index >= 15 is 0 Å². The number of nitrogens with two attached hydrogens (primary N) is 1. The van der Waals surface area contributed by atoms with Crippen molar-refractivity contribution in [3.05, 3.63) is 22.4 Å². The Bertz CT molecular complexity index is 486. The molecule has 1 aliphatic heterocycles. The molecule has 1 aromatic carbocycles. The van der Waals surface area contributed by atoms with E-state index in [4.69, 9.17) is 10.5 Å². The highest BCUT2D eigenvalue weighted by atomic mass is 79.9. The second-order valence-electron chi connectivity index (χ2n) is 6.30. The number of morpholine rings is 1. The second kappa shape index (κ2) is 4.63. The van der Waals surface area contributed by atoms with Crippen molar-refractivity contribution < 1.29 is 9.13 Å². The number of nitrogen functional groups attached to an aromatic ring is 1. The summed E-state index contributed by atoms with van der Waals surface area (Å²) in [6, 6.07) is 3.09.